The van der Waals surface area contributed by atoms with E-state index in [0.717, 1.165) is 19.3 Å². The number of benzene rings is 1. The normalized spacial score (nSPS) is 10.5. The Morgan fingerprint density at radius 1 is 0.917 bits per heavy atom. The highest BCUT2D eigenvalue weighted by Gasteiger charge is 2.20. The molecule has 0 spiro atoms. The van der Waals surface area contributed by atoms with Crippen molar-refractivity contribution in [1.82, 2.24) is 0 Å². The van der Waals surface area contributed by atoms with Gasteiger partial charge >= 0.3 is 5.97 Å². The lowest BCUT2D eigenvalue weighted by atomic mass is 10.1. The highest BCUT2D eigenvalue weighted by atomic mass is 17.2. The van der Waals surface area contributed by atoms with Gasteiger partial charge < -0.3 is 9.47 Å². The summed E-state index contributed by atoms with van der Waals surface area (Å²) < 4.78 is 10.3. The minimum Gasteiger partial charge on any atom is -0.496 e. The average molecular weight is 337 g/mol. The predicted molar refractivity (Wildman–Crippen MR) is 93.2 cm³/mol. The minimum atomic E-state index is -0.613. The third-order valence-electron chi connectivity index (χ3n) is 3.74. The first-order valence-corrected chi connectivity index (χ1v) is 8.58. The topological polar surface area (TPSA) is 54.0 Å². The average Bonchev–Trinajstić information content (AvgIpc) is 2.62. The van der Waals surface area contributed by atoms with Crippen molar-refractivity contribution in [2.45, 2.75) is 51.4 Å². The Hall–Kier alpha value is -1.75. The summed E-state index contributed by atoms with van der Waals surface area (Å²) in [7, 11) is 2.98. The number of carbonyl (C=O) groups is 1. The van der Waals surface area contributed by atoms with Gasteiger partial charge in [0.15, 0.2) is 0 Å². The molecule has 1 aromatic carbocycles. The minimum absolute atomic E-state index is 0.230. The molecule has 0 aliphatic rings. The van der Waals surface area contributed by atoms with Gasteiger partial charge in [-0.25, -0.2) is 4.79 Å². The van der Waals surface area contributed by atoms with Gasteiger partial charge in [-0.15, -0.1) is 0 Å². The fourth-order valence-corrected chi connectivity index (χ4v) is 2.41. The number of methoxy groups -OCH3 is 2. The maximum Gasteiger partial charge on any atom is 0.380 e. The van der Waals surface area contributed by atoms with Crippen molar-refractivity contribution < 1.29 is 24.0 Å². The molecule has 1 radical (unpaired) electrons. The van der Waals surface area contributed by atoms with Gasteiger partial charge in [-0.3, -0.25) is 4.89 Å². The summed E-state index contributed by atoms with van der Waals surface area (Å²) in [6.07, 6.45) is 9.11. The van der Waals surface area contributed by atoms with Crippen molar-refractivity contribution in [3.63, 3.8) is 0 Å². The molecular formula is C19H29O5. The second-order valence-electron chi connectivity index (χ2n) is 5.56. The Morgan fingerprint density at radius 2 is 1.46 bits per heavy atom. The standard InChI is InChI=1S/C19H29O5/c1-4-5-6-7-8-9-10-11-15-23-24-19(20)18-16(21-2)13-12-14-17(18)22-3/h12-14H,1,4-11,15H2,2-3H3. The summed E-state index contributed by atoms with van der Waals surface area (Å²) >= 11 is 0. The lowest BCUT2D eigenvalue weighted by Gasteiger charge is -2.11. The lowest BCUT2D eigenvalue weighted by Crippen LogP contribution is -2.10. The number of carbonyl (C=O) groups excluding carboxylic acids is 1. The Bertz CT molecular complexity index is 451. The summed E-state index contributed by atoms with van der Waals surface area (Å²) in [5.41, 5.74) is 0.230. The van der Waals surface area contributed by atoms with Gasteiger partial charge in [-0.2, -0.15) is 4.89 Å². The van der Waals surface area contributed by atoms with E-state index in [1.807, 2.05) is 0 Å². The van der Waals surface area contributed by atoms with Crippen LogP contribution in [0.1, 0.15) is 61.7 Å². The molecule has 0 unspecified atom stereocenters. The molecule has 0 amide bonds. The van der Waals surface area contributed by atoms with Crippen LogP contribution in [-0.4, -0.2) is 26.8 Å². The van der Waals surface area contributed by atoms with Crippen LogP contribution >= 0.6 is 0 Å². The van der Waals surface area contributed by atoms with Crippen molar-refractivity contribution in [2.75, 3.05) is 20.8 Å². The largest absolute Gasteiger partial charge is 0.496 e. The molecule has 0 saturated heterocycles. The van der Waals surface area contributed by atoms with Crippen LogP contribution in [0.5, 0.6) is 11.5 Å². The molecule has 0 fully saturated rings. The van der Waals surface area contributed by atoms with Crippen LogP contribution in [-0.2, 0) is 9.78 Å². The summed E-state index contributed by atoms with van der Waals surface area (Å²) in [6, 6.07) is 5.09. The SMILES string of the molecule is [CH2]CCCCCCCCCOOC(=O)c1c(OC)cccc1OC. The van der Waals surface area contributed by atoms with Crippen LogP contribution in [0.3, 0.4) is 0 Å². The quantitative estimate of drug-likeness (QED) is 0.295. The third-order valence-corrected chi connectivity index (χ3v) is 3.74. The number of ether oxygens (including phenoxy) is 2. The predicted octanol–water partition coefficient (Wildman–Crippen LogP) is 4.75. The monoisotopic (exact) mass is 337 g/mol. The highest BCUT2D eigenvalue weighted by Crippen LogP contribution is 2.28. The first-order chi connectivity index (χ1) is 11.7. The lowest BCUT2D eigenvalue weighted by molar-refractivity contribution is -0.241. The maximum absolute atomic E-state index is 12.1. The van der Waals surface area contributed by atoms with Crippen molar-refractivity contribution in [1.29, 1.82) is 0 Å². The molecule has 1 aromatic rings. The first kappa shape index (κ1) is 20.3. The van der Waals surface area contributed by atoms with Crippen LogP contribution in [0.25, 0.3) is 0 Å². The third kappa shape index (κ3) is 7.21. The first-order valence-electron chi connectivity index (χ1n) is 8.58. The Kier molecular flexibility index (Phi) is 10.7. The number of unbranched alkanes of at least 4 members (excludes halogenated alkanes) is 7. The molecule has 0 atom stereocenters. The van der Waals surface area contributed by atoms with Gasteiger partial charge in [0.2, 0.25) is 0 Å². The van der Waals surface area contributed by atoms with Crippen LogP contribution in [0.15, 0.2) is 18.2 Å². The van der Waals surface area contributed by atoms with Gasteiger partial charge in [-0.05, 0) is 18.6 Å². The molecule has 1 rings (SSSR count). The van der Waals surface area contributed by atoms with E-state index in [1.54, 1.807) is 18.2 Å². The Morgan fingerprint density at radius 3 is 2.00 bits per heavy atom. The molecular weight excluding hydrogens is 308 g/mol. The molecule has 0 aliphatic carbocycles. The molecule has 0 bridgehead atoms. The van der Waals surface area contributed by atoms with E-state index in [2.05, 4.69) is 6.92 Å². The van der Waals surface area contributed by atoms with Gasteiger partial charge in [0.05, 0.1) is 20.8 Å². The van der Waals surface area contributed by atoms with E-state index in [9.17, 15) is 4.79 Å². The zero-order valence-corrected chi connectivity index (χ0v) is 14.8. The molecule has 0 N–H and O–H groups in total. The van der Waals surface area contributed by atoms with E-state index in [1.165, 1.54) is 46.3 Å². The fraction of sp³-hybridized carbons (Fsp3) is 0.579. The zero-order chi connectivity index (χ0) is 17.6. The summed E-state index contributed by atoms with van der Waals surface area (Å²) in [5, 5.41) is 0. The Labute approximate surface area is 145 Å². The summed E-state index contributed by atoms with van der Waals surface area (Å²) in [4.78, 5) is 22.0. The van der Waals surface area contributed by atoms with E-state index in [-0.39, 0.29) is 5.56 Å². The van der Waals surface area contributed by atoms with E-state index in [4.69, 9.17) is 19.2 Å². The number of hydrogen-bond donors (Lipinski definition) is 0. The van der Waals surface area contributed by atoms with Crippen molar-refractivity contribution in [3.05, 3.63) is 30.7 Å². The molecule has 0 aliphatic heterocycles. The number of rotatable bonds is 13. The van der Waals surface area contributed by atoms with Crippen LogP contribution < -0.4 is 9.47 Å². The molecule has 0 aromatic heterocycles. The molecule has 5 nitrogen and oxygen atoms in total. The highest BCUT2D eigenvalue weighted by molar-refractivity contribution is 5.95. The van der Waals surface area contributed by atoms with Crippen LogP contribution in [0.2, 0.25) is 0 Å². The maximum atomic E-state index is 12.1. The van der Waals surface area contributed by atoms with Crippen molar-refractivity contribution in [2.24, 2.45) is 0 Å². The van der Waals surface area contributed by atoms with Gasteiger partial charge in [0.25, 0.3) is 0 Å². The molecule has 5 heteroatoms. The molecule has 0 heterocycles. The molecule has 135 valence electrons. The Balaban J connectivity index is 2.23. The van der Waals surface area contributed by atoms with Crippen LogP contribution in [0, 0.1) is 6.92 Å². The van der Waals surface area contributed by atoms with E-state index in [0.29, 0.717) is 18.1 Å². The summed E-state index contributed by atoms with van der Waals surface area (Å²) in [5.74, 6) is 0.174. The second-order valence-corrected chi connectivity index (χ2v) is 5.56. The molecule has 24 heavy (non-hydrogen) atoms. The van der Waals surface area contributed by atoms with Gasteiger partial charge in [0.1, 0.15) is 17.1 Å². The summed E-state index contributed by atoms with van der Waals surface area (Å²) in [6.45, 7) is 4.23. The van der Waals surface area contributed by atoms with Gasteiger partial charge in [-0.1, -0.05) is 57.9 Å². The van der Waals surface area contributed by atoms with Gasteiger partial charge in [0, 0.05) is 0 Å². The zero-order valence-electron chi connectivity index (χ0n) is 14.8. The second kappa shape index (κ2) is 12.6. The smallest absolute Gasteiger partial charge is 0.380 e. The van der Waals surface area contributed by atoms with E-state index >= 15 is 0 Å². The van der Waals surface area contributed by atoms with Crippen molar-refractivity contribution in [3.8, 4) is 11.5 Å². The number of hydrogen-bond acceptors (Lipinski definition) is 5. The van der Waals surface area contributed by atoms with E-state index < -0.39 is 5.97 Å². The molecule has 0 saturated carbocycles. The van der Waals surface area contributed by atoms with Crippen LogP contribution in [0.4, 0.5) is 0 Å². The fourth-order valence-electron chi connectivity index (χ4n) is 2.41. The van der Waals surface area contributed by atoms with Crippen molar-refractivity contribution >= 4 is 5.97 Å².